The normalized spacial score (nSPS) is 11.8. The van der Waals surface area contributed by atoms with E-state index >= 15 is 0 Å². The summed E-state index contributed by atoms with van der Waals surface area (Å²) in [6.07, 6.45) is 1.80. The van der Waals surface area contributed by atoms with E-state index in [9.17, 15) is 4.79 Å². The maximum atomic E-state index is 12.2. The van der Waals surface area contributed by atoms with Crippen LogP contribution in [0.3, 0.4) is 0 Å². The zero-order chi connectivity index (χ0) is 15.5. The standard InChI is InChI=1S/C16H14N2O2S2/c1-3-8-18-12-7-6-11(20-2)10-14(12)22-16(18)17-15(19)13-5-4-9-21-13/h3-7,9-10H,1,8H2,2H3. The number of rotatable bonds is 4. The maximum absolute atomic E-state index is 12.2. The van der Waals surface area contributed by atoms with Crippen LogP contribution in [0, 0.1) is 0 Å². The molecule has 0 atom stereocenters. The third-order valence-electron chi connectivity index (χ3n) is 3.13. The molecule has 22 heavy (non-hydrogen) atoms. The lowest BCUT2D eigenvalue weighted by molar-refractivity contribution is 0.100. The molecule has 0 bridgehead atoms. The topological polar surface area (TPSA) is 43.6 Å². The summed E-state index contributed by atoms with van der Waals surface area (Å²) in [5, 5.41) is 1.87. The Kier molecular flexibility index (Phi) is 4.22. The number of methoxy groups -OCH3 is 1. The number of nitrogens with zero attached hydrogens (tertiary/aromatic N) is 2. The number of carbonyl (C=O) groups is 1. The zero-order valence-electron chi connectivity index (χ0n) is 12.0. The Bertz CT molecular complexity index is 889. The van der Waals surface area contributed by atoms with Crippen LogP contribution in [0.5, 0.6) is 5.75 Å². The van der Waals surface area contributed by atoms with Crippen LogP contribution in [0.25, 0.3) is 10.2 Å². The smallest absolute Gasteiger partial charge is 0.289 e. The monoisotopic (exact) mass is 330 g/mol. The highest BCUT2D eigenvalue weighted by atomic mass is 32.1. The Hall–Kier alpha value is -2.18. The molecule has 0 radical (unpaired) electrons. The van der Waals surface area contributed by atoms with Gasteiger partial charge in [0.2, 0.25) is 0 Å². The minimum atomic E-state index is -0.216. The van der Waals surface area contributed by atoms with Gasteiger partial charge in [-0.05, 0) is 29.6 Å². The summed E-state index contributed by atoms with van der Waals surface area (Å²) < 4.78 is 8.26. The lowest BCUT2D eigenvalue weighted by atomic mass is 10.3. The predicted molar refractivity (Wildman–Crippen MR) is 90.8 cm³/mol. The number of allylic oxidation sites excluding steroid dienone is 1. The van der Waals surface area contributed by atoms with Crippen molar-refractivity contribution in [3.05, 3.63) is 58.0 Å². The minimum absolute atomic E-state index is 0.216. The number of benzene rings is 1. The van der Waals surface area contributed by atoms with Crippen molar-refractivity contribution in [3.8, 4) is 5.75 Å². The summed E-state index contributed by atoms with van der Waals surface area (Å²) in [5.41, 5.74) is 1.02. The molecular weight excluding hydrogens is 316 g/mol. The van der Waals surface area contributed by atoms with Crippen molar-refractivity contribution in [2.75, 3.05) is 7.11 Å². The van der Waals surface area contributed by atoms with Gasteiger partial charge in [-0.15, -0.1) is 17.9 Å². The molecule has 0 N–H and O–H groups in total. The lowest BCUT2D eigenvalue weighted by Crippen LogP contribution is -2.15. The molecule has 112 valence electrons. The van der Waals surface area contributed by atoms with Crippen molar-refractivity contribution >= 4 is 38.8 Å². The third-order valence-corrected chi connectivity index (χ3v) is 5.03. The molecule has 3 rings (SSSR count). The molecule has 3 aromatic rings. The number of carbonyl (C=O) groups excluding carboxylic acids is 1. The van der Waals surface area contributed by atoms with Crippen molar-refractivity contribution in [1.29, 1.82) is 0 Å². The molecule has 0 saturated heterocycles. The molecule has 1 aromatic carbocycles. The van der Waals surface area contributed by atoms with Crippen molar-refractivity contribution in [2.45, 2.75) is 6.54 Å². The zero-order valence-corrected chi connectivity index (χ0v) is 13.6. The molecular formula is C16H14N2O2S2. The number of aromatic nitrogens is 1. The van der Waals surface area contributed by atoms with E-state index in [2.05, 4.69) is 11.6 Å². The average Bonchev–Trinajstić information content (AvgIpc) is 3.16. The van der Waals surface area contributed by atoms with E-state index in [0.717, 1.165) is 16.0 Å². The highest BCUT2D eigenvalue weighted by Crippen LogP contribution is 2.23. The van der Waals surface area contributed by atoms with Gasteiger partial charge in [0, 0.05) is 6.54 Å². The van der Waals surface area contributed by atoms with E-state index in [1.165, 1.54) is 22.7 Å². The van der Waals surface area contributed by atoms with Crippen molar-refractivity contribution in [3.63, 3.8) is 0 Å². The Morgan fingerprint density at radius 1 is 1.45 bits per heavy atom. The Morgan fingerprint density at radius 2 is 2.32 bits per heavy atom. The minimum Gasteiger partial charge on any atom is -0.497 e. The summed E-state index contributed by atoms with van der Waals surface area (Å²) in [7, 11) is 1.64. The van der Waals surface area contributed by atoms with Crippen LogP contribution in [0.2, 0.25) is 0 Å². The van der Waals surface area contributed by atoms with Crippen LogP contribution in [0.4, 0.5) is 0 Å². The Balaban J connectivity index is 2.17. The van der Waals surface area contributed by atoms with E-state index < -0.39 is 0 Å². The molecule has 0 aliphatic carbocycles. The fourth-order valence-corrected chi connectivity index (χ4v) is 3.79. The second-order valence-electron chi connectivity index (χ2n) is 4.51. The van der Waals surface area contributed by atoms with Crippen LogP contribution in [-0.4, -0.2) is 17.6 Å². The number of amides is 1. The first-order chi connectivity index (χ1) is 10.7. The van der Waals surface area contributed by atoms with Gasteiger partial charge in [0.25, 0.3) is 5.91 Å². The van der Waals surface area contributed by atoms with E-state index in [-0.39, 0.29) is 5.91 Å². The van der Waals surface area contributed by atoms with Gasteiger partial charge >= 0.3 is 0 Å². The van der Waals surface area contributed by atoms with E-state index in [4.69, 9.17) is 4.74 Å². The Morgan fingerprint density at radius 3 is 3.00 bits per heavy atom. The summed E-state index contributed by atoms with van der Waals surface area (Å²) in [6.45, 7) is 4.38. The fourth-order valence-electron chi connectivity index (χ4n) is 2.11. The summed E-state index contributed by atoms with van der Waals surface area (Å²) >= 11 is 2.87. The number of thiophene rings is 1. The molecule has 0 saturated carbocycles. The predicted octanol–water partition coefficient (Wildman–Crippen LogP) is 3.70. The molecule has 4 nitrogen and oxygen atoms in total. The van der Waals surface area contributed by atoms with E-state index in [0.29, 0.717) is 16.2 Å². The van der Waals surface area contributed by atoms with Gasteiger partial charge in [0.1, 0.15) is 5.75 Å². The molecule has 0 aliphatic rings. The number of hydrogen-bond acceptors (Lipinski definition) is 4. The summed E-state index contributed by atoms with van der Waals surface area (Å²) in [4.78, 5) is 17.8. The van der Waals surface area contributed by atoms with E-state index in [1.54, 1.807) is 19.3 Å². The number of ether oxygens (including phenoxy) is 1. The van der Waals surface area contributed by atoms with Gasteiger partial charge < -0.3 is 9.30 Å². The quantitative estimate of drug-likeness (QED) is 0.685. The second kappa shape index (κ2) is 6.29. The SMILES string of the molecule is C=CCn1c(=NC(=O)c2cccs2)sc2cc(OC)ccc21. The molecule has 6 heteroatoms. The number of fused-ring (bicyclic) bond motifs is 1. The fraction of sp³-hybridized carbons (Fsp3) is 0.125. The first-order valence-corrected chi connectivity index (χ1v) is 8.33. The molecule has 0 fully saturated rings. The molecule has 0 aliphatic heterocycles. The molecule has 1 amide bonds. The third kappa shape index (κ3) is 2.75. The van der Waals surface area contributed by atoms with Crippen molar-refractivity contribution < 1.29 is 9.53 Å². The molecule has 0 unspecified atom stereocenters. The molecule has 2 heterocycles. The second-order valence-corrected chi connectivity index (χ2v) is 6.47. The average molecular weight is 330 g/mol. The largest absolute Gasteiger partial charge is 0.497 e. The van der Waals surface area contributed by atoms with E-state index in [1.807, 2.05) is 34.2 Å². The van der Waals surface area contributed by atoms with Gasteiger partial charge in [-0.2, -0.15) is 4.99 Å². The van der Waals surface area contributed by atoms with Gasteiger partial charge in [0.15, 0.2) is 4.80 Å². The van der Waals surface area contributed by atoms with Gasteiger partial charge in [-0.3, -0.25) is 4.79 Å². The van der Waals surface area contributed by atoms with Crippen LogP contribution in [-0.2, 0) is 6.54 Å². The van der Waals surface area contributed by atoms with Gasteiger partial charge in [-0.25, -0.2) is 0 Å². The van der Waals surface area contributed by atoms with Crippen LogP contribution in [0.15, 0.2) is 53.4 Å². The van der Waals surface area contributed by atoms with Crippen LogP contribution in [0.1, 0.15) is 9.67 Å². The summed E-state index contributed by atoms with van der Waals surface area (Å²) in [6, 6.07) is 9.46. The molecule has 0 spiro atoms. The lowest BCUT2D eigenvalue weighted by Gasteiger charge is -2.02. The first-order valence-electron chi connectivity index (χ1n) is 6.64. The van der Waals surface area contributed by atoms with Crippen LogP contribution < -0.4 is 9.54 Å². The maximum Gasteiger partial charge on any atom is 0.289 e. The number of thiazole rings is 1. The highest BCUT2D eigenvalue weighted by molar-refractivity contribution is 7.16. The van der Waals surface area contributed by atoms with Gasteiger partial charge in [-0.1, -0.05) is 23.5 Å². The summed E-state index contributed by atoms with van der Waals surface area (Å²) in [5.74, 6) is 0.571. The number of hydrogen-bond donors (Lipinski definition) is 0. The first kappa shape index (κ1) is 14.7. The molecule has 2 aromatic heterocycles. The van der Waals surface area contributed by atoms with Crippen LogP contribution >= 0.6 is 22.7 Å². The van der Waals surface area contributed by atoms with Crippen molar-refractivity contribution in [1.82, 2.24) is 4.57 Å². The highest BCUT2D eigenvalue weighted by Gasteiger charge is 2.09. The van der Waals surface area contributed by atoms with Gasteiger partial charge in [0.05, 0.1) is 22.2 Å². The Labute approximate surface area is 135 Å². The van der Waals surface area contributed by atoms with Crippen molar-refractivity contribution in [2.24, 2.45) is 4.99 Å².